The van der Waals surface area contributed by atoms with E-state index in [2.05, 4.69) is 59.5 Å². The molecule has 0 aliphatic rings. The number of hydrogen-bond acceptors (Lipinski definition) is 5. The van der Waals surface area contributed by atoms with Crippen LogP contribution in [0.15, 0.2) is 48.5 Å². The Bertz CT molecular complexity index is 1040. The summed E-state index contributed by atoms with van der Waals surface area (Å²) in [4.78, 5) is 49.1. The van der Waals surface area contributed by atoms with Crippen LogP contribution in [-0.4, -0.2) is 69.8 Å². The molecule has 2 aromatic rings. The SMILES string of the molecule is C[C@H](NC(=O)c1ccc(-c2ccc(N(CCBr)CCBr)cc2)cc1)C(=O)N[C@@H](CCC(=O)O)C(=O)O. The van der Waals surface area contributed by atoms with E-state index >= 15 is 0 Å². The fourth-order valence-corrected chi connectivity index (χ4v) is 4.28. The monoisotopic (exact) mass is 625 g/mol. The highest BCUT2D eigenvalue weighted by atomic mass is 79.9. The number of nitrogens with zero attached hydrogens (tertiary/aromatic N) is 1. The third-order valence-corrected chi connectivity index (χ3v) is 6.13. The summed E-state index contributed by atoms with van der Waals surface area (Å²) in [6, 6.07) is 12.7. The van der Waals surface area contributed by atoms with Crippen LogP contribution in [0.25, 0.3) is 11.1 Å². The minimum absolute atomic E-state index is 0.259. The highest BCUT2D eigenvalue weighted by Gasteiger charge is 2.24. The smallest absolute Gasteiger partial charge is 0.326 e. The van der Waals surface area contributed by atoms with Gasteiger partial charge in [-0.3, -0.25) is 14.4 Å². The number of carboxylic acid groups (broad SMARTS) is 2. The summed E-state index contributed by atoms with van der Waals surface area (Å²) in [5, 5.41) is 24.5. The molecule has 0 unspecified atom stereocenters. The van der Waals surface area contributed by atoms with Crippen LogP contribution in [0.4, 0.5) is 5.69 Å². The molecule has 2 amide bonds. The third-order valence-electron chi connectivity index (χ3n) is 5.42. The lowest BCUT2D eigenvalue weighted by atomic mass is 10.0. The maximum atomic E-state index is 12.6. The Hall–Kier alpha value is -2.92. The lowest BCUT2D eigenvalue weighted by Gasteiger charge is -2.23. The molecule has 194 valence electrons. The van der Waals surface area contributed by atoms with Gasteiger partial charge in [-0.1, -0.05) is 56.1 Å². The maximum Gasteiger partial charge on any atom is 0.326 e. The second-order valence-corrected chi connectivity index (χ2v) is 9.60. The Morgan fingerprint density at radius 1 is 0.861 bits per heavy atom. The molecule has 0 fully saturated rings. The summed E-state index contributed by atoms with van der Waals surface area (Å²) in [6.45, 7) is 3.21. The molecule has 0 saturated carbocycles. The molecule has 4 N–H and O–H groups in total. The van der Waals surface area contributed by atoms with Gasteiger partial charge in [0, 0.05) is 41.4 Å². The van der Waals surface area contributed by atoms with E-state index in [-0.39, 0.29) is 6.42 Å². The maximum absolute atomic E-state index is 12.6. The number of nitrogens with one attached hydrogen (secondary N) is 2. The highest BCUT2D eigenvalue weighted by Crippen LogP contribution is 2.24. The largest absolute Gasteiger partial charge is 0.481 e. The molecule has 0 bridgehead atoms. The number of alkyl halides is 2. The lowest BCUT2D eigenvalue weighted by molar-refractivity contribution is -0.143. The van der Waals surface area contributed by atoms with Crippen LogP contribution in [0.3, 0.4) is 0 Å². The molecule has 0 radical (unpaired) electrons. The molecule has 0 spiro atoms. The van der Waals surface area contributed by atoms with Crippen LogP contribution in [0.2, 0.25) is 0 Å². The Labute approximate surface area is 226 Å². The molecule has 0 aliphatic carbocycles. The van der Waals surface area contributed by atoms with Crippen LogP contribution < -0.4 is 15.5 Å². The second kappa shape index (κ2) is 14.6. The molecule has 0 aliphatic heterocycles. The van der Waals surface area contributed by atoms with Gasteiger partial charge in [0.15, 0.2) is 0 Å². The zero-order valence-electron chi connectivity index (χ0n) is 19.7. The van der Waals surface area contributed by atoms with Gasteiger partial charge in [0.25, 0.3) is 5.91 Å². The molecule has 0 aromatic heterocycles. The van der Waals surface area contributed by atoms with E-state index in [9.17, 15) is 24.3 Å². The topological polar surface area (TPSA) is 136 Å². The number of benzene rings is 2. The molecule has 2 aromatic carbocycles. The predicted octanol–water partition coefficient (Wildman–Crippen LogP) is 3.50. The van der Waals surface area contributed by atoms with Crippen LogP contribution in [-0.2, 0) is 14.4 Å². The molecule has 2 rings (SSSR count). The number of carbonyl (C=O) groups is 4. The summed E-state index contributed by atoms with van der Waals surface area (Å²) in [6.07, 6.45) is -0.663. The van der Waals surface area contributed by atoms with E-state index in [0.717, 1.165) is 40.6 Å². The minimum atomic E-state index is -1.36. The van der Waals surface area contributed by atoms with Gasteiger partial charge in [-0.15, -0.1) is 0 Å². The first-order valence-corrected chi connectivity index (χ1v) is 13.5. The van der Waals surface area contributed by atoms with Crippen molar-refractivity contribution in [3.8, 4) is 11.1 Å². The summed E-state index contributed by atoms with van der Waals surface area (Å²) in [7, 11) is 0. The second-order valence-electron chi connectivity index (χ2n) is 8.02. The lowest BCUT2D eigenvalue weighted by Crippen LogP contribution is -2.50. The van der Waals surface area contributed by atoms with Gasteiger partial charge in [-0.25, -0.2) is 4.79 Å². The average molecular weight is 627 g/mol. The number of carboxylic acids is 2. The summed E-state index contributed by atoms with van der Waals surface area (Å²) < 4.78 is 0. The van der Waals surface area contributed by atoms with E-state index in [4.69, 9.17) is 5.11 Å². The zero-order chi connectivity index (χ0) is 26.7. The summed E-state index contributed by atoms with van der Waals surface area (Å²) in [5.74, 6) is -3.71. The van der Waals surface area contributed by atoms with Gasteiger partial charge < -0.3 is 25.7 Å². The number of anilines is 1. The van der Waals surface area contributed by atoms with Crippen molar-refractivity contribution in [3.63, 3.8) is 0 Å². The summed E-state index contributed by atoms with van der Waals surface area (Å²) in [5.41, 5.74) is 3.39. The van der Waals surface area contributed by atoms with Gasteiger partial charge in [-0.05, 0) is 48.7 Å². The number of halogens is 2. The van der Waals surface area contributed by atoms with Crippen molar-refractivity contribution in [2.24, 2.45) is 0 Å². The molecule has 2 atom stereocenters. The normalized spacial score (nSPS) is 12.3. The van der Waals surface area contributed by atoms with E-state index in [0.29, 0.717) is 5.56 Å². The molecule has 11 heteroatoms. The number of hydrogen-bond donors (Lipinski definition) is 4. The first-order valence-electron chi connectivity index (χ1n) is 11.3. The van der Waals surface area contributed by atoms with Gasteiger partial charge in [0.05, 0.1) is 0 Å². The van der Waals surface area contributed by atoms with Crippen molar-refractivity contribution in [1.29, 1.82) is 0 Å². The Morgan fingerprint density at radius 3 is 1.86 bits per heavy atom. The molecular weight excluding hydrogens is 598 g/mol. The van der Waals surface area contributed by atoms with Crippen molar-refractivity contribution in [2.45, 2.75) is 31.8 Å². The van der Waals surface area contributed by atoms with Crippen LogP contribution >= 0.6 is 31.9 Å². The van der Waals surface area contributed by atoms with Gasteiger partial charge in [-0.2, -0.15) is 0 Å². The van der Waals surface area contributed by atoms with E-state index in [1.165, 1.54) is 6.92 Å². The third kappa shape index (κ3) is 8.94. The van der Waals surface area contributed by atoms with Crippen molar-refractivity contribution < 1.29 is 29.4 Å². The fourth-order valence-electron chi connectivity index (χ4n) is 3.42. The van der Waals surface area contributed by atoms with Crippen molar-refractivity contribution in [1.82, 2.24) is 10.6 Å². The first kappa shape index (κ1) is 29.3. The van der Waals surface area contributed by atoms with E-state index < -0.39 is 42.3 Å². The standard InChI is InChI=1S/C25H29Br2N3O6/c1-16(23(33)29-21(25(35)36)10-11-22(31)32)28-24(34)19-4-2-17(3-5-19)18-6-8-20(9-7-18)30(14-12-26)15-13-27/h2-9,16,21H,10-15H2,1H3,(H,28,34)(H,29,33)(H,31,32)(H,35,36)/t16-,21-/m0/s1. The van der Waals surface area contributed by atoms with E-state index in [1.54, 1.807) is 12.1 Å². The number of amides is 2. The number of aliphatic carboxylic acids is 2. The average Bonchev–Trinajstić information content (AvgIpc) is 2.86. The van der Waals surface area contributed by atoms with Crippen molar-refractivity contribution in [3.05, 3.63) is 54.1 Å². The Morgan fingerprint density at radius 2 is 1.39 bits per heavy atom. The molecule has 0 heterocycles. The van der Waals surface area contributed by atoms with Crippen LogP contribution in [0.1, 0.15) is 30.1 Å². The molecule has 0 saturated heterocycles. The Balaban J connectivity index is 1.99. The van der Waals surface area contributed by atoms with Gasteiger partial charge >= 0.3 is 11.9 Å². The molecule has 9 nitrogen and oxygen atoms in total. The number of carbonyl (C=O) groups excluding carboxylic acids is 2. The summed E-state index contributed by atoms with van der Waals surface area (Å²) >= 11 is 6.96. The van der Waals surface area contributed by atoms with Crippen molar-refractivity contribution in [2.75, 3.05) is 28.6 Å². The zero-order valence-corrected chi connectivity index (χ0v) is 22.9. The highest BCUT2D eigenvalue weighted by molar-refractivity contribution is 9.09. The van der Waals surface area contributed by atoms with Crippen molar-refractivity contribution >= 4 is 61.3 Å². The minimum Gasteiger partial charge on any atom is -0.481 e. The van der Waals surface area contributed by atoms with E-state index in [1.807, 2.05) is 24.3 Å². The number of rotatable bonds is 14. The Kier molecular flexibility index (Phi) is 11.9. The fraction of sp³-hybridized carbons (Fsp3) is 0.360. The molecular formula is C25H29Br2N3O6. The first-order chi connectivity index (χ1) is 17.2. The van der Waals surface area contributed by atoms with Gasteiger partial charge in [0.2, 0.25) is 5.91 Å². The van der Waals surface area contributed by atoms with Crippen LogP contribution in [0, 0.1) is 0 Å². The van der Waals surface area contributed by atoms with Crippen LogP contribution in [0.5, 0.6) is 0 Å². The quantitative estimate of drug-likeness (QED) is 0.236. The van der Waals surface area contributed by atoms with Gasteiger partial charge in [0.1, 0.15) is 12.1 Å². The molecule has 36 heavy (non-hydrogen) atoms. The predicted molar refractivity (Wildman–Crippen MR) is 145 cm³/mol.